The summed E-state index contributed by atoms with van der Waals surface area (Å²) in [6, 6.07) is 5.68. The zero-order chi connectivity index (χ0) is 14.5. The van der Waals surface area contributed by atoms with E-state index >= 15 is 0 Å². The van der Waals surface area contributed by atoms with Crippen molar-refractivity contribution in [3.63, 3.8) is 0 Å². The molecule has 5 heteroatoms. The average molecular weight is 278 g/mol. The van der Waals surface area contributed by atoms with Crippen LogP contribution in [0.2, 0.25) is 0 Å². The van der Waals surface area contributed by atoms with Crippen molar-refractivity contribution in [1.82, 2.24) is 5.32 Å². The Morgan fingerprint density at radius 3 is 2.80 bits per heavy atom. The van der Waals surface area contributed by atoms with E-state index in [9.17, 15) is 4.79 Å². The summed E-state index contributed by atoms with van der Waals surface area (Å²) in [6.45, 7) is 5.30. The van der Waals surface area contributed by atoms with E-state index < -0.39 is 0 Å². The first-order valence-electron chi connectivity index (χ1n) is 6.96. The number of nitrogens with one attached hydrogen (secondary N) is 1. The lowest BCUT2D eigenvalue weighted by molar-refractivity contribution is -0.125. The van der Waals surface area contributed by atoms with E-state index in [1.54, 1.807) is 0 Å². The van der Waals surface area contributed by atoms with Crippen LogP contribution in [0, 0.1) is 11.8 Å². The predicted octanol–water partition coefficient (Wildman–Crippen LogP) is 1.65. The highest BCUT2D eigenvalue weighted by molar-refractivity contribution is 5.78. The van der Waals surface area contributed by atoms with E-state index in [4.69, 9.17) is 15.2 Å². The third kappa shape index (κ3) is 3.63. The summed E-state index contributed by atoms with van der Waals surface area (Å²) in [5, 5.41) is 2.93. The smallest absolute Gasteiger partial charge is 0.231 e. The number of carbonyl (C=O) groups is 1. The van der Waals surface area contributed by atoms with E-state index in [2.05, 4.69) is 19.2 Å². The standard InChI is InChI=1S/C15H22N2O3/c1-10(2)5-12(7-16)15(18)17-8-11-3-4-13-14(6-11)20-9-19-13/h3-4,6,10,12H,5,7-9,16H2,1-2H3,(H,17,18). The number of benzene rings is 1. The lowest BCUT2D eigenvalue weighted by Gasteiger charge is -2.16. The minimum atomic E-state index is -0.121. The van der Waals surface area contributed by atoms with Gasteiger partial charge in [0.25, 0.3) is 0 Å². The van der Waals surface area contributed by atoms with Gasteiger partial charge in [-0.25, -0.2) is 0 Å². The molecule has 0 radical (unpaired) electrons. The molecule has 0 saturated carbocycles. The van der Waals surface area contributed by atoms with Crippen molar-refractivity contribution < 1.29 is 14.3 Å². The summed E-state index contributed by atoms with van der Waals surface area (Å²) in [5.74, 6) is 1.83. The average Bonchev–Trinajstić information content (AvgIpc) is 2.89. The van der Waals surface area contributed by atoms with E-state index in [1.807, 2.05) is 18.2 Å². The number of rotatable bonds is 6. The maximum absolute atomic E-state index is 12.1. The second-order valence-corrected chi connectivity index (χ2v) is 5.47. The molecule has 1 atom stereocenters. The Morgan fingerprint density at radius 1 is 1.35 bits per heavy atom. The minimum absolute atomic E-state index is 0.0128. The monoisotopic (exact) mass is 278 g/mol. The molecule has 5 nitrogen and oxygen atoms in total. The van der Waals surface area contributed by atoms with Crippen LogP contribution < -0.4 is 20.5 Å². The maximum atomic E-state index is 12.1. The van der Waals surface area contributed by atoms with Gasteiger partial charge >= 0.3 is 0 Å². The molecular formula is C15H22N2O3. The first-order valence-corrected chi connectivity index (χ1v) is 6.96. The zero-order valence-corrected chi connectivity index (χ0v) is 12.0. The molecule has 1 aromatic rings. The van der Waals surface area contributed by atoms with E-state index in [-0.39, 0.29) is 18.6 Å². The van der Waals surface area contributed by atoms with Gasteiger partial charge in [0.1, 0.15) is 0 Å². The molecule has 20 heavy (non-hydrogen) atoms. The fourth-order valence-corrected chi connectivity index (χ4v) is 2.26. The molecule has 1 aliphatic heterocycles. The molecule has 3 N–H and O–H groups in total. The van der Waals surface area contributed by atoms with Crippen LogP contribution in [0.3, 0.4) is 0 Å². The quantitative estimate of drug-likeness (QED) is 0.830. The number of amides is 1. The maximum Gasteiger partial charge on any atom is 0.231 e. The van der Waals surface area contributed by atoms with Crippen LogP contribution in [-0.4, -0.2) is 19.2 Å². The third-order valence-electron chi connectivity index (χ3n) is 3.31. The third-order valence-corrected chi connectivity index (χ3v) is 3.31. The Kier molecular flexibility index (Phi) is 4.84. The predicted molar refractivity (Wildman–Crippen MR) is 76.4 cm³/mol. The van der Waals surface area contributed by atoms with Gasteiger partial charge in [-0.05, 0) is 30.0 Å². The van der Waals surface area contributed by atoms with Crippen LogP contribution in [0.15, 0.2) is 18.2 Å². The van der Waals surface area contributed by atoms with Crippen molar-refractivity contribution >= 4 is 5.91 Å². The topological polar surface area (TPSA) is 73.6 Å². The van der Waals surface area contributed by atoms with E-state index in [1.165, 1.54) is 0 Å². The molecular weight excluding hydrogens is 256 g/mol. The van der Waals surface area contributed by atoms with Gasteiger partial charge in [-0.1, -0.05) is 19.9 Å². The van der Waals surface area contributed by atoms with Crippen molar-refractivity contribution in [3.05, 3.63) is 23.8 Å². The summed E-state index contributed by atoms with van der Waals surface area (Å²) in [4.78, 5) is 12.1. The summed E-state index contributed by atoms with van der Waals surface area (Å²) < 4.78 is 10.6. The molecule has 1 unspecified atom stereocenters. The summed E-state index contributed by atoms with van der Waals surface area (Å²) in [6.07, 6.45) is 0.809. The normalized spacial score (nSPS) is 14.4. The molecule has 110 valence electrons. The Bertz CT molecular complexity index is 474. The van der Waals surface area contributed by atoms with Crippen molar-refractivity contribution in [3.8, 4) is 11.5 Å². The van der Waals surface area contributed by atoms with Gasteiger partial charge in [-0.15, -0.1) is 0 Å². The largest absolute Gasteiger partial charge is 0.454 e. The number of nitrogens with two attached hydrogens (primary N) is 1. The molecule has 0 aromatic heterocycles. The number of hydrogen-bond donors (Lipinski definition) is 2. The first kappa shape index (κ1) is 14.7. The van der Waals surface area contributed by atoms with Crippen LogP contribution in [-0.2, 0) is 11.3 Å². The fourth-order valence-electron chi connectivity index (χ4n) is 2.26. The summed E-state index contributed by atoms with van der Waals surface area (Å²) >= 11 is 0. The van der Waals surface area contributed by atoms with E-state index in [0.29, 0.717) is 19.0 Å². The Balaban J connectivity index is 1.89. The highest BCUT2D eigenvalue weighted by Gasteiger charge is 2.18. The van der Waals surface area contributed by atoms with Crippen LogP contribution in [0.5, 0.6) is 11.5 Å². The molecule has 1 aromatic carbocycles. The number of carbonyl (C=O) groups excluding carboxylic acids is 1. The lowest BCUT2D eigenvalue weighted by Crippen LogP contribution is -2.35. The minimum Gasteiger partial charge on any atom is -0.454 e. The van der Waals surface area contributed by atoms with Crippen molar-refractivity contribution in [2.24, 2.45) is 17.6 Å². The summed E-state index contributed by atoms with van der Waals surface area (Å²) in [7, 11) is 0. The SMILES string of the molecule is CC(C)CC(CN)C(=O)NCc1ccc2c(c1)OCO2. The van der Waals surface area contributed by atoms with Crippen molar-refractivity contribution in [1.29, 1.82) is 0 Å². The Labute approximate surface area is 119 Å². The van der Waals surface area contributed by atoms with Gasteiger partial charge in [0.2, 0.25) is 12.7 Å². The fraction of sp³-hybridized carbons (Fsp3) is 0.533. The molecule has 2 rings (SSSR count). The van der Waals surface area contributed by atoms with Crippen molar-refractivity contribution in [2.75, 3.05) is 13.3 Å². The number of ether oxygens (including phenoxy) is 2. The van der Waals surface area contributed by atoms with Gasteiger partial charge in [0.05, 0.1) is 5.92 Å². The Hall–Kier alpha value is -1.75. The van der Waals surface area contributed by atoms with Crippen LogP contribution in [0.1, 0.15) is 25.8 Å². The molecule has 1 aliphatic rings. The van der Waals surface area contributed by atoms with Crippen LogP contribution in [0.25, 0.3) is 0 Å². The molecule has 0 aliphatic carbocycles. The van der Waals surface area contributed by atoms with Crippen LogP contribution >= 0.6 is 0 Å². The number of hydrogen-bond acceptors (Lipinski definition) is 4. The lowest BCUT2D eigenvalue weighted by atomic mass is 9.96. The summed E-state index contributed by atoms with van der Waals surface area (Å²) in [5.41, 5.74) is 6.66. The highest BCUT2D eigenvalue weighted by Crippen LogP contribution is 2.32. The van der Waals surface area contributed by atoms with Crippen molar-refractivity contribution in [2.45, 2.75) is 26.8 Å². The van der Waals surface area contributed by atoms with E-state index in [0.717, 1.165) is 23.5 Å². The van der Waals surface area contributed by atoms with Gasteiger partial charge in [0, 0.05) is 13.1 Å². The number of fused-ring (bicyclic) bond motifs is 1. The van der Waals surface area contributed by atoms with Gasteiger partial charge in [0.15, 0.2) is 11.5 Å². The Morgan fingerprint density at radius 2 is 2.10 bits per heavy atom. The molecule has 0 spiro atoms. The van der Waals surface area contributed by atoms with Gasteiger partial charge in [-0.3, -0.25) is 4.79 Å². The second kappa shape index (κ2) is 6.61. The molecule has 1 heterocycles. The highest BCUT2D eigenvalue weighted by atomic mass is 16.7. The molecule has 0 bridgehead atoms. The molecule has 1 amide bonds. The van der Waals surface area contributed by atoms with Gasteiger partial charge < -0.3 is 20.5 Å². The first-order chi connectivity index (χ1) is 9.60. The molecule has 0 saturated heterocycles. The molecule has 0 fully saturated rings. The second-order valence-electron chi connectivity index (χ2n) is 5.47. The van der Waals surface area contributed by atoms with Gasteiger partial charge in [-0.2, -0.15) is 0 Å². The zero-order valence-electron chi connectivity index (χ0n) is 12.0. The van der Waals surface area contributed by atoms with Crippen LogP contribution in [0.4, 0.5) is 0 Å².